The first-order chi connectivity index (χ1) is 9.56. The highest BCUT2D eigenvalue weighted by Crippen LogP contribution is 2.35. The van der Waals surface area contributed by atoms with Crippen molar-refractivity contribution >= 4 is 5.97 Å². The second kappa shape index (κ2) is 5.96. The zero-order valence-corrected chi connectivity index (χ0v) is 11.9. The Labute approximate surface area is 119 Å². The molecule has 4 heteroatoms. The lowest BCUT2D eigenvalue weighted by atomic mass is 9.78. The second-order valence-corrected chi connectivity index (χ2v) is 5.48. The van der Waals surface area contributed by atoms with Crippen molar-refractivity contribution in [3.05, 3.63) is 35.7 Å². The number of carbonyl (C=O) groups is 1. The van der Waals surface area contributed by atoms with Crippen LogP contribution in [0.3, 0.4) is 0 Å². The van der Waals surface area contributed by atoms with Gasteiger partial charge >= 0.3 is 5.97 Å². The third-order valence-electron chi connectivity index (χ3n) is 3.94. The van der Waals surface area contributed by atoms with Crippen LogP contribution in [0.1, 0.15) is 32.6 Å². The molecule has 1 aromatic rings. The van der Waals surface area contributed by atoms with Gasteiger partial charge in [-0.1, -0.05) is 0 Å². The number of rotatable bonds is 3. The summed E-state index contributed by atoms with van der Waals surface area (Å²) < 4.78 is 10.4. The fraction of sp³-hybridized carbons (Fsp3) is 0.500. The van der Waals surface area contributed by atoms with E-state index in [2.05, 4.69) is 4.85 Å². The minimum Gasteiger partial charge on any atom is -0.497 e. The van der Waals surface area contributed by atoms with Crippen LogP contribution < -0.4 is 9.47 Å². The van der Waals surface area contributed by atoms with Crippen LogP contribution in [0.2, 0.25) is 0 Å². The Morgan fingerprint density at radius 1 is 1.25 bits per heavy atom. The zero-order valence-electron chi connectivity index (χ0n) is 11.9. The third kappa shape index (κ3) is 3.30. The molecule has 0 amide bonds. The van der Waals surface area contributed by atoms with E-state index in [0.29, 0.717) is 5.75 Å². The van der Waals surface area contributed by atoms with Gasteiger partial charge < -0.3 is 14.3 Å². The molecule has 0 atom stereocenters. The Hall–Kier alpha value is -2.02. The van der Waals surface area contributed by atoms with Crippen LogP contribution in [0.25, 0.3) is 4.85 Å². The van der Waals surface area contributed by atoms with Crippen LogP contribution in [0, 0.1) is 12.5 Å². The van der Waals surface area contributed by atoms with Crippen LogP contribution in [0.4, 0.5) is 0 Å². The molecule has 0 radical (unpaired) electrons. The van der Waals surface area contributed by atoms with Crippen molar-refractivity contribution in [1.29, 1.82) is 0 Å². The summed E-state index contributed by atoms with van der Waals surface area (Å²) in [6.07, 6.45) is 2.99. The van der Waals surface area contributed by atoms with Gasteiger partial charge in [0.05, 0.1) is 13.0 Å². The van der Waals surface area contributed by atoms with E-state index in [4.69, 9.17) is 16.0 Å². The van der Waals surface area contributed by atoms with E-state index in [-0.39, 0.29) is 17.4 Å². The molecule has 1 fully saturated rings. The highest BCUT2D eigenvalue weighted by Gasteiger charge is 2.39. The molecule has 1 aliphatic rings. The summed E-state index contributed by atoms with van der Waals surface area (Å²) in [6, 6.07) is 6.98. The summed E-state index contributed by atoms with van der Waals surface area (Å²) in [6.45, 7) is 9.15. The molecule has 0 spiro atoms. The standard InChI is InChI=1S/C16H19NO3/c1-16(17-2)10-8-12(9-11-16)15(18)20-14-6-4-13(19-3)5-7-14/h4-7,12H,8-11H2,1,3H3. The molecule has 4 nitrogen and oxygen atoms in total. The molecule has 0 bridgehead atoms. The smallest absolute Gasteiger partial charge is 0.314 e. The van der Waals surface area contributed by atoms with Crippen LogP contribution in [0.15, 0.2) is 24.3 Å². The Morgan fingerprint density at radius 2 is 1.80 bits per heavy atom. The zero-order chi connectivity index (χ0) is 14.6. The number of benzene rings is 1. The number of esters is 1. The summed E-state index contributed by atoms with van der Waals surface area (Å²) in [5, 5.41) is 0. The number of methoxy groups -OCH3 is 1. The fourth-order valence-electron chi connectivity index (χ4n) is 2.43. The summed E-state index contributed by atoms with van der Waals surface area (Å²) in [4.78, 5) is 15.8. The van der Waals surface area contributed by atoms with Gasteiger partial charge in [-0.3, -0.25) is 4.79 Å². The molecule has 0 heterocycles. The van der Waals surface area contributed by atoms with Crippen molar-refractivity contribution in [1.82, 2.24) is 0 Å². The minimum absolute atomic E-state index is 0.0908. The summed E-state index contributed by atoms with van der Waals surface area (Å²) in [7, 11) is 1.59. The highest BCUT2D eigenvalue weighted by molar-refractivity contribution is 5.75. The molecule has 1 aliphatic carbocycles. The molecule has 1 saturated carbocycles. The molecule has 20 heavy (non-hydrogen) atoms. The van der Waals surface area contributed by atoms with E-state index < -0.39 is 0 Å². The number of hydrogen-bond donors (Lipinski definition) is 0. The van der Waals surface area contributed by atoms with Gasteiger partial charge in [-0.2, -0.15) is 0 Å². The third-order valence-corrected chi connectivity index (χ3v) is 3.94. The Balaban J connectivity index is 1.91. The normalized spacial score (nSPS) is 25.6. The van der Waals surface area contributed by atoms with Crippen molar-refractivity contribution in [2.45, 2.75) is 38.1 Å². The maximum absolute atomic E-state index is 12.1. The number of ether oxygens (including phenoxy) is 2. The number of nitrogens with zero attached hydrogens (tertiary/aromatic N) is 1. The average Bonchev–Trinajstić information content (AvgIpc) is 2.48. The van der Waals surface area contributed by atoms with Crippen molar-refractivity contribution in [3.8, 4) is 11.5 Å². The molecule has 2 rings (SSSR count). The lowest BCUT2D eigenvalue weighted by molar-refractivity contribution is -0.140. The van der Waals surface area contributed by atoms with Crippen molar-refractivity contribution in [2.75, 3.05) is 7.11 Å². The summed E-state index contributed by atoms with van der Waals surface area (Å²) in [5.41, 5.74) is -0.295. The number of carbonyl (C=O) groups excluding carboxylic acids is 1. The van der Waals surface area contributed by atoms with Gasteiger partial charge in [0.15, 0.2) is 0 Å². The van der Waals surface area contributed by atoms with Gasteiger partial charge in [0.25, 0.3) is 0 Å². The van der Waals surface area contributed by atoms with Gasteiger partial charge in [0.2, 0.25) is 5.54 Å². The Morgan fingerprint density at radius 3 is 2.30 bits per heavy atom. The lowest BCUT2D eigenvalue weighted by Crippen LogP contribution is -2.32. The molecule has 0 aliphatic heterocycles. The van der Waals surface area contributed by atoms with E-state index >= 15 is 0 Å². The van der Waals surface area contributed by atoms with Gasteiger partial charge in [0, 0.05) is 19.8 Å². The lowest BCUT2D eigenvalue weighted by Gasteiger charge is -2.27. The highest BCUT2D eigenvalue weighted by atomic mass is 16.5. The second-order valence-electron chi connectivity index (χ2n) is 5.48. The van der Waals surface area contributed by atoms with Gasteiger partial charge in [0.1, 0.15) is 11.5 Å². The summed E-state index contributed by atoms with van der Waals surface area (Å²) >= 11 is 0. The van der Waals surface area contributed by atoms with E-state index in [1.54, 1.807) is 31.4 Å². The molecule has 0 saturated heterocycles. The Kier molecular flexibility index (Phi) is 4.29. The van der Waals surface area contributed by atoms with Crippen molar-refractivity contribution in [3.63, 3.8) is 0 Å². The van der Waals surface area contributed by atoms with E-state index in [9.17, 15) is 4.79 Å². The molecule has 106 valence electrons. The Bertz CT molecular complexity index is 508. The van der Waals surface area contributed by atoms with Crippen LogP contribution in [-0.4, -0.2) is 18.6 Å². The minimum atomic E-state index is -0.295. The van der Waals surface area contributed by atoms with E-state index in [1.807, 2.05) is 6.92 Å². The molecule has 0 aromatic heterocycles. The van der Waals surface area contributed by atoms with Crippen LogP contribution in [-0.2, 0) is 4.79 Å². The molecule has 0 N–H and O–H groups in total. The molecular weight excluding hydrogens is 254 g/mol. The largest absolute Gasteiger partial charge is 0.497 e. The topological polar surface area (TPSA) is 39.9 Å². The maximum atomic E-state index is 12.1. The quantitative estimate of drug-likeness (QED) is 0.481. The van der Waals surface area contributed by atoms with Crippen LogP contribution >= 0.6 is 0 Å². The van der Waals surface area contributed by atoms with E-state index in [0.717, 1.165) is 31.4 Å². The first kappa shape index (κ1) is 14.4. The molecular formula is C16H19NO3. The van der Waals surface area contributed by atoms with Gasteiger partial charge in [-0.25, -0.2) is 6.57 Å². The van der Waals surface area contributed by atoms with Crippen molar-refractivity contribution < 1.29 is 14.3 Å². The van der Waals surface area contributed by atoms with E-state index in [1.165, 1.54) is 0 Å². The maximum Gasteiger partial charge on any atom is 0.314 e. The molecule has 0 unspecified atom stereocenters. The average molecular weight is 273 g/mol. The molecule has 1 aromatic carbocycles. The first-order valence-corrected chi connectivity index (χ1v) is 6.81. The van der Waals surface area contributed by atoms with Gasteiger partial charge in [-0.05, 0) is 37.1 Å². The SMILES string of the molecule is [C-]#[N+]C1(C)CCC(C(=O)Oc2ccc(OC)cc2)CC1. The first-order valence-electron chi connectivity index (χ1n) is 6.81. The summed E-state index contributed by atoms with van der Waals surface area (Å²) in [5.74, 6) is 0.985. The monoisotopic (exact) mass is 273 g/mol. The van der Waals surface area contributed by atoms with Crippen molar-refractivity contribution in [2.24, 2.45) is 5.92 Å². The fourth-order valence-corrected chi connectivity index (χ4v) is 2.43. The van der Waals surface area contributed by atoms with Gasteiger partial charge in [-0.15, -0.1) is 0 Å². The van der Waals surface area contributed by atoms with Crippen LogP contribution in [0.5, 0.6) is 11.5 Å². The predicted molar refractivity (Wildman–Crippen MR) is 75.6 cm³/mol. The number of hydrogen-bond acceptors (Lipinski definition) is 3. The predicted octanol–water partition coefficient (Wildman–Crippen LogP) is 3.47.